The summed E-state index contributed by atoms with van der Waals surface area (Å²) in [5.74, 6) is 0.0568. The van der Waals surface area contributed by atoms with E-state index in [1.54, 1.807) is 0 Å². The Morgan fingerprint density at radius 1 is 1.24 bits per heavy atom. The van der Waals surface area contributed by atoms with E-state index < -0.39 is 10.8 Å². The lowest BCUT2D eigenvalue weighted by atomic mass is 10.1. The SMILES string of the molecule is CCCCCS(=O)CC(=O)c1ccc(F)cc1. The first-order valence-electron chi connectivity index (χ1n) is 5.77. The molecule has 0 amide bonds. The molecular formula is C13H17FO2S. The fourth-order valence-corrected chi connectivity index (χ4v) is 2.58. The number of ketones is 1. The summed E-state index contributed by atoms with van der Waals surface area (Å²) in [7, 11) is -1.10. The van der Waals surface area contributed by atoms with Gasteiger partial charge in [-0.15, -0.1) is 0 Å². The van der Waals surface area contributed by atoms with Crippen molar-refractivity contribution in [2.24, 2.45) is 0 Å². The van der Waals surface area contributed by atoms with Crippen molar-refractivity contribution in [1.82, 2.24) is 0 Å². The van der Waals surface area contributed by atoms with Crippen LogP contribution in [0.2, 0.25) is 0 Å². The summed E-state index contributed by atoms with van der Waals surface area (Å²) >= 11 is 0. The molecule has 1 unspecified atom stereocenters. The lowest BCUT2D eigenvalue weighted by molar-refractivity contribution is 0.102. The molecule has 17 heavy (non-hydrogen) atoms. The number of benzene rings is 1. The lowest BCUT2D eigenvalue weighted by Crippen LogP contribution is -2.13. The van der Waals surface area contributed by atoms with Crippen LogP contribution >= 0.6 is 0 Å². The van der Waals surface area contributed by atoms with Crippen LogP contribution in [0.3, 0.4) is 0 Å². The summed E-state index contributed by atoms with van der Waals surface area (Å²) in [5.41, 5.74) is 0.426. The maximum absolute atomic E-state index is 12.6. The zero-order valence-corrected chi connectivity index (χ0v) is 10.8. The van der Waals surface area contributed by atoms with Crippen molar-refractivity contribution in [2.45, 2.75) is 26.2 Å². The van der Waals surface area contributed by atoms with Gasteiger partial charge in [0.15, 0.2) is 5.78 Å². The standard InChI is InChI=1S/C13H17FO2S/c1-2-3-4-9-17(16)10-13(15)11-5-7-12(14)8-6-11/h5-8H,2-4,9-10H2,1H3. The number of carbonyl (C=O) groups excluding carboxylic acids is 1. The third-order valence-electron chi connectivity index (χ3n) is 2.43. The highest BCUT2D eigenvalue weighted by Crippen LogP contribution is 2.05. The summed E-state index contributed by atoms with van der Waals surface area (Å²) in [6.45, 7) is 2.08. The van der Waals surface area contributed by atoms with Gasteiger partial charge in [0.25, 0.3) is 0 Å². The Labute approximate surface area is 104 Å². The van der Waals surface area contributed by atoms with E-state index in [0.29, 0.717) is 11.3 Å². The molecule has 0 saturated carbocycles. The molecule has 0 N–H and O–H groups in total. The molecule has 1 rings (SSSR count). The van der Waals surface area contributed by atoms with Crippen LogP contribution in [-0.2, 0) is 10.8 Å². The third kappa shape index (κ3) is 5.22. The van der Waals surface area contributed by atoms with E-state index in [9.17, 15) is 13.4 Å². The van der Waals surface area contributed by atoms with Crippen molar-refractivity contribution in [1.29, 1.82) is 0 Å². The molecule has 2 nitrogen and oxygen atoms in total. The number of carbonyl (C=O) groups is 1. The summed E-state index contributed by atoms with van der Waals surface area (Å²) in [4.78, 5) is 11.7. The van der Waals surface area contributed by atoms with Gasteiger partial charge in [0.1, 0.15) is 5.82 Å². The number of hydrogen-bond donors (Lipinski definition) is 0. The van der Waals surface area contributed by atoms with E-state index in [4.69, 9.17) is 0 Å². The first-order chi connectivity index (χ1) is 8.13. The monoisotopic (exact) mass is 256 g/mol. The highest BCUT2D eigenvalue weighted by atomic mass is 32.2. The smallest absolute Gasteiger partial charge is 0.175 e. The number of unbranched alkanes of at least 4 members (excludes halogenated alkanes) is 2. The number of rotatable bonds is 7. The van der Waals surface area contributed by atoms with Gasteiger partial charge >= 0.3 is 0 Å². The van der Waals surface area contributed by atoms with Crippen molar-refractivity contribution in [3.05, 3.63) is 35.6 Å². The second kappa shape index (κ2) is 7.33. The van der Waals surface area contributed by atoms with Gasteiger partial charge in [0.2, 0.25) is 0 Å². The minimum Gasteiger partial charge on any atom is -0.293 e. The average Bonchev–Trinajstić information content (AvgIpc) is 2.30. The molecule has 0 aliphatic carbocycles. The summed E-state index contributed by atoms with van der Waals surface area (Å²) in [6.07, 6.45) is 3.00. The highest BCUT2D eigenvalue weighted by molar-refractivity contribution is 7.85. The van der Waals surface area contributed by atoms with Crippen molar-refractivity contribution in [2.75, 3.05) is 11.5 Å². The van der Waals surface area contributed by atoms with Crippen LogP contribution in [0, 0.1) is 5.82 Å². The number of hydrogen-bond acceptors (Lipinski definition) is 2. The van der Waals surface area contributed by atoms with Gasteiger partial charge < -0.3 is 0 Å². The van der Waals surface area contributed by atoms with Crippen LogP contribution in [0.1, 0.15) is 36.5 Å². The number of halogens is 1. The fraction of sp³-hybridized carbons (Fsp3) is 0.462. The topological polar surface area (TPSA) is 34.1 Å². The molecule has 0 saturated heterocycles. The summed E-state index contributed by atoms with van der Waals surface area (Å²) < 4.78 is 24.2. The zero-order valence-electron chi connectivity index (χ0n) is 9.95. The van der Waals surface area contributed by atoms with Crippen LogP contribution in [0.25, 0.3) is 0 Å². The van der Waals surface area contributed by atoms with Crippen LogP contribution in [0.5, 0.6) is 0 Å². The maximum atomic E-state index is 12.6. The van der Waals surface area contributed by atoms with E-state index in [0.717, 1.165) is 19.3 Å². The van der Waals surface area contributed by atoms with Crippen molar-refractivity contribution >= 4 is 16.6 Å². The Hall–Kier alpha value is -1.03. The molecule has 94 valence electrons. The van der Waals surface area contributed by atoms with Crippen molar-refractivity contribution in [3.63, 3.8) is 0 Å². The van der Waals surface area contributed by atoms with E-state index in [2.05, 4.69) is 6.92 Å². The van der Waals surface area contributed by atoms with Crippen LogP contribution in [0.15, 0.2) is 24.3 Å². The molecule has 0 radical (unpaired) electrons. The van der Waals surface area contributed by atoms with Gasteiger partial charge in [-0.05, 0) is 30.7 Å². The minimum atomic E-state index is -1.10. The Balaban J connectivity index is 2.43. The first-order valence-corrected chi connectivity index (χ1v) is 7.26. The normalized spacial score (nSPS) is 12.4. The molecule has 0 spiro atoms. The maximum Gasteiger partial charge on any atom is 0.175 e. The molecule has 0 fully saturated rings. The Kier molecular flexibility index (Phi) is 6.05. The third-order valence-corrected chi connectivity index (χ3v) is 3.76. The van der Waals surface area contributed by atoms with Crippen LogP contribution < -0.4 is 0 Å². The molecule has 0 heterocycles. The molecular weight excluding hydrogens is 239 g/mol. The van der Waals surface area contributed by atoms with Gasteiger partial charge in [-0.1, -0.05) is 19.8 Å². The van der Waals surface area contributed by atoms with Crippen molar-refractivity contribution < 1.29 is 13.4 Å². The Bertz CT molecular complexity index is 387. The quantitative estimate of drug-likeness (QED) is 0.555. The molecule has 0 bridgehead atoms. The van der Waals surface area contributed by atoms with Gasteiger partial charge in [0.05, 0.1) is 5.75 Å². The fourth-order valence-electron chi connectivity index (χ4n) is 1.45. The zero-order chi connectivity index (χ0) is 12.7. The van der Waals surface area contributed by atoms with Crippen LogP contribution in [-0.4, -0.2) is 21.5 Å². The van der Waals surface area contributed by atoms with E-state index >= 15 is 0 Å². The molecule has 0 aliphatic rings. The molecule has 1 atom stereocenters. The second-order valence-corrected chi connectivity index (χ2v) is 5.50. The number of Topliss-reactive ketones (excluding diaryl/α,β-unsaturated/α-hetero) is 1. The molecule has 4 heteroatoms. The molecule has 1 aromatic rings. The van der Waals surface area contributed by atoms with Gasteiger partial charge in [-0.25, -0.2) is 4.39 Å². The second-order valence-electron chi connectivity index (χ2n) is 3.93. The summed E-state index contributed by atoms with van der Waals surface area (Å²) in [5, 5.41) is 0. The minimum absolute atomic E-state index is 0.0371. The Morgan fingerprint density at radius 2 is 1.88 bits per heavy atom. The highest BCUT2D eigenvalue weighted by Gasteiger charge is 2.10. The van der Waals surface area contributed by atoms with Gasteiger partial charge in [-0.2, -0.15) is 0 Å². The lowest BCUT2D eigenvalue weighted by Gasteiger charge is -2.02. The molecule has 1 aromatic carbocycles. The predicted molar refractivity (Wildman–Crippen MR) is 68.1 cm³/mol. The molecule has 0 aliphatic heterocycles. The van der Waals surface area contributed by atoms with E-state index in [1.807, 2.05) is 0 Å². The van der Waals surface area contributed by atoms with Crippen molar-refractivity contribution in [3.8, 4) is 0 Å². The van der Waals surface area contributed by atoms with E-state index in [-0.39, 0.29) is 17.4 Å². The summed E-state index contributed by atoms with van der Waals surface area (Å²) in [6, 6.07) is 5.35. The largest absolute Gasteiger partial charge is 0.293 e. The Morgan fingerprint density at radius 3 is 2.47 bits per heavy atom. The van der Waals surface area contributed by atoms with Crippen LogP contribution in [0.4, 0.5) is 4.39 Å². The average molecular weight is 256 g/mol. The van der Waals surface area contributed by atoms with E-state index in [1.165, 1.54) is 24.3 Å². The first kappa shape index (κ1) is 14.0. The van der Waals surface area contributed by atoms with Gasteiger partial charge in [-0.3, -0.25) is 9.00 Å². The van der Waals surface area contributed by atoms with Gasteiger partial charge in [0, 0.05) is 22.1 Å². The predicted octanol–water partition coefficient (Wildman–Crippen LogP) is 2.95. The molecule has 0 aromatic heterocycles.